The van der Waals surface area contributed by atoms with Crippen LogP contribution in [0.1, 0.15) is 37.8 Å². The molecule has 3 aromatic rings. The third kappa shape index (κ3) is 2.90. The van der Waals surface area contributed by atoms with Gasteiger partial charge in [0.15, 0.2) is 5.65 Å². The van der Waals surface area contributed by atoms with E-state index in [9.17, 15) is 4.39 Å². The number of nitrogens with two attached hydrogens (primary N) is 1. The fraction of sp³-hybridized carbons (Fsp3) is 0.438. The van der Waals surface area contributed by atoms with Crippen LogP contribution in [0.25, 0.3) is 16.8 Å². The van der Waals surface area contributed by atoms with Crippen molar-refractivity contribution in [2.45, 2.75) is 32.1 Å². The van der Waals surface area contributed by atoms with Crippen LogP contribution in [0.15, 0.2) is 23.1 Å². The number of rotatable bonds is 6. The maximum atomic E-state index is 12.6. The number of alkyl halides is 1. The van der Waals surface area contributed by atoms with Crippen molar-refractivity contribution < 1.29 is 4.39 Å². The Morgan fingerprint density at radius 2 is 2.12 bits per heavy atom. The molecule has 0 fully saturated rings. The van der Waals surface area contributed by atoms with E-state index in [1.807, 2.05) is 13.2 Å². The molecule has 0 saturated heterocycles. The molecule has 0 aliphatic rings. The highest BCUT2D eigenvalue weighted by Gasteiger charge is 2.21. The first kappa shape index (κ1) is 16.9. The third-order valence-corrected chi connectivity index (χ3v) is 5.04. The summed E-state index contributed by atoms with van der Waals surface area (Å²) < 4.78 is 16.7. The van der Waals surface area contributed by atoms with E-state index in [1.165, 1.54) is 0 Å². The normalized spacial score (nSPS) is 12.8. The number of aryl methyl sites for hydroxylation is 1. The molecule has 128 valence electrons. The van der Waals surface area contributed by atoms with Gasteiger partial charge in [-0.1, -0.05) is 6.92 Å². The summed E-state index contributed by atoms with van der Waals surface area (Å²) >= 11 is 3.55. The lowest BCUT2D eigenvalue weighted by atomic mass is 9.96. The van der Waals surface area contributed by atoms with Gasteiger partial charge in [-0.2, -0.15) is 14.7 Å². The second kappa shape index (κ2) is 6.88. The second-order valence-electron chi connectivity index (χ2n) is 5.83. The second-order valence-corrected chi connectivity index (χ2v) is 6.62. The quantitative estimate of drug-likeness (QED) is 0.691. The fourth-order valence-corrected chi connectivity index (χ4v) is 3.49. The van der Waals surface area contributed by atoms with Gasteiger partial charge in [-0.05, 0) is 35.2 Å². The van der Waals surface area contributed by atoms with E-state index in [4.69, 9.17) is 10.7 Å². The SMILES string of the molecule is CC[C@@H](CCCF)c1nc2c(-c3cnn(C)c3)cnn2c(N)c1Br. The molecular weight excluding hydrogens is 375 g/mol. The Morgan fingerprint density at radius 1 is 1.33 bits per heavy atom. The van der Waals surface area contributed by atoms with Gasteiger partial charge in [0.05, 0.1) is 29.2 Å². The van der Waals surface area contributed by atoms with Crippen LogP contribution in [-0.2, 0) is 7.05 Å². The molecule has 3 heterocycles. The van der Waals surface area contributed by atoms with E-state index >= 15 is 0 Å². The average Bonchev–Trinajstić information content (AvgIpc) is 3.18. The Labute approximate surface area is 148 Å². The van der Waals surface area contributed by atoms with Crippen molar-refractivity contribution in [2.75, 3.05) is 12.4 Å². The smallest absolute Gasteiger partial charge is 0.165 e. The van der Waals surface area contributed by atoms with Crippen LogP contribution in [0.2, 0.25) is 0 Å². The Morgan fingerprint density at radius 3 is 2.75 bits per heavy atom. The van der Waals surface area contributed by atoms with Crippen molar-refractivity contribution in [2.24, 2.45) is 7.05 Å². The number of nitrogens with zero attached hydrogens (tertiary/aromatic N) is 5. The van der Waals surface area contributed by atoms with E-state index in [0.29, 0.717) is 17.9 Å². The van der Waals surface area contributed by atoms with Gasteiger partial charge in [0.1, 0.15) is 5.82 Å². The maximum absolute atomic E-state index is 12.6. The predicted octanol–water partition coefficient (Wildman–Crippen LogP) is 3.72. The minimum atomic E-state index is -0.320. The van der Waals surface area contributed by atoms with Crippen LogP contribution in [0.3, 0.4) is 0 Å². The fourth-order valence-electron chi connectivity index (χ4n) is 2.91. The van der Waals surface area contributed by atoms with Crippen molar-refractivity contribution in [3.8, 4) is 11.1 Å². The first-order chi connectivity index (χ1) is 11.6. The van der Waals surface area contributed by atoms with E-state index in [1.54, 1.807) is 21.6 Å². The summed E-state index contributed by atoms with van der Waals surface area (Å²) in [6.45, 7) is 1.76. The molecule has 2 N–H and O–H groups in total. The van der Waals surface area contributed by atoms with Gasteiger partial charge in [-0.3, -0.25) is 9.07 Å². The molecule has 0 aliphatic carbocycles. The summed E-state index contributed by atoms with van der Waals surface area (Å²) in [5, 5.41) is 8.56. The van der Waals surface area contributed by atoms with Crippen LogP contribution in [0.5, 0.6) is 0 Å². The Balaban J connectivity index is 2.15. The highest BCUT2D eigenvalue weighted by Crippen LogP contribution is 2.35. The maximum Gasteiger partial charge on any atom is 0.165 e. The minimum Gasteiger partial charge on any atom is -0.383 e. The van der Waals surface area contributed by atoms with E-state index in [2.05, 4.69) is 33.1 Å². The molecule has 1 atom stereocenters. The van der Waals surface area contributed by atoms with Crippen LogP contribution >= 0.6 is 15.9 Å². The van der Waals surface area contributed by atoms with Crippen molar-refractivity contribution in [1.29, 1.82) is 0 Å². The van der Waals surface area contributed by atoms with Gasteiger partial charge in [-0.25, -0.2) is 4.98 Å². The van der Waals surface area contributed by atoms with Gasteiger partial charge >= 0.3 is 0 Å². The zero-order valence-electron chi connectivity index (χ0n) is 13.7. The highest BCUT2D eigenvalue weighted by molar-refractivity contribution is 9.10. The Bertz CT molecular complexity index is 856. The van der Waals surface area contributed by atoms with Crippen LogP contribution in [0, 0.1) is 0 Å². The largest absolute Gasteiger partial charge is 0.383 e. The van der Waals surface area contributed by atoms with Crippen LogP contribution < -0.4 is 5.73 Å². The lowest BCUT2D eigenvalue weighted by Crippen LogP contribution is -2.09. The standard InChI is InChI=1S/C16H20BrFN6/c1-3-10(5-4-6-18)14-13(17)15(19)24-16(22-14)12(8-21-24)11-7-20-23(2)9-11/h7-10H,3-6,19H2,1-2H3/t10-/m0/s1. The average molecular weight is 395 g/mol. The molecule has 0 amide bonds. The molecule has 3 aromatic heterocycles. The number of fused-ring (bicyclic) bond motifs is 1. The third-order valence-electron chi connectivity index (χ3n) is 4.23. The molecule has 0 aliphatic heterocycles. The summed E-state index contributed by atoms with van der Waals surface area (Å²) in [5.74, 6) is 0.655. The number of hydrogen-bond acceptors (Lipinski definition) is 4. The molecule has 0 saturated carbocycles. The van der Waals surface area contributed by atoms with E-state index in [0.717, 1.165) is 34.1 Å². The lowest BCUT2D eigenvalue weighted by molar-refractivity contribution is 0.435. The van der Waals surface area contributed by atoms with Crippen molar-refractivity contribution in [1.82, 2.24) is 24.4 Å². The van der Waals surface area contributed by atoms with E-state index in [-0.39, 0.29) is 12.6 Å². The van der Waals surface area contributed by atoms with Gasteiger partial charge in [0, 0.05) is 30.3 Å². The topological polar surface area (TPSA) is 74.0 Å². The van der Waals surface area contributed by atoms with Gasteiger partial charge in [0.25, 0.3) is 0 Å². The number of anilines is 1. The molecule has 0 bridgehead atoms. The summed E-state index contributed by atoms with van der Waals surface area (Å²) in [6.07, 6.45) is 7.57. The zero-order chi connectivity index (χ0) is 17.3. The van der Waals surface area contributed by atoms with Crippen molar-refractivity contribution in [3.63, 3.8) is 0 Å². The molecule has 3 rings (SSSR count). The first-order valence-electron chi connectivity index (χ1n) is 7.94. The van der Waals surface area contributed by atoms with Crippen molar-refractivity contribution in [3.05, 3.63) is 28.8 Å². The van der Waals surface area contributed by atoms with Crippen molar-refractivity contribution >= 4 is 27.4 Å². The molecular formula is C16H20BrFN6. The molecule has 0 aromatic carbocycles. The molecule has 24 heavy (non-hydrogen) atoms. The predicted molar refractivity (Wildman–Crippen MR) is 95.5 cm³/mol. The number of hydrogen-bond donors (Lipinski definition) is 1. The highest BCUT2D eigenvalue weighted by atomic mass is 79.9. The number of halogens is 2. The molecule has 0 radical (unpaired) electrons. The molecule has 0 unspecified atom stereocenters. The zero-order valence-corrected chi connectivity index (χ0v) is 15.3. The van der Waals surface area contributed by atoms with Gasteiger partial charge < -0.3 is 5.73 Å². The molecule has 0 spiro atoms. The first-order valence-corrected chi connectivity index (χ1v) is 8.73. The molecule has 8 heteroatoms. The summed E-state index contributed by atoms with van der Waals surface area (Å²) in [5.41, 5.74) is 9.62. The van der Waals surface area contributed by atoms with E-state index < -0.39 is 0 Å². The summed E-state index contributed by atoms with van der Waals surface area (Å²) in [7, 11) is 1.86. The lowest BCUT2D eigenvalue weighted by Gasteiger charge is -2.17. The summed E-state index contributed by atoms with van der Waals surface area (Å²) in [4.78, 5) is 4.82. The Kier molecular flexibility index (Phi) is 4.84. The number of aromatic nitrogens is 5. The monoisotopic (exact) mass is 394 g/mol. The minimum absolute atomic E-state index is 0.152. The number of nitrogen functional groups attached to an aromatic ring is 1. The van der Waals surface area contributed by atoms with Gasteiger partial charge in [-0.15, -0.1) is 0 Å². The van der Waals surface area contributed by atoms with Gasteiger partial charge in [0.2, 0.25) is 0 Å². The van der Waals surface area contributed by atoms with Crippen LogP contribution in [0.4, 0.5) is 10.2 Å². The Hall–Kier alpha value is -1.96. The summed E-state index contributed by atoms with van der Waals surface area (Å²) in [6, 6.07) is 0. The molecule has 6 nitrogen and oxygen atoms in total. The van der Waals surface area contributed by atoms with Crippen LogP contribution in [-0.4, -0.2) is 31.1 Å².